The third kappa shape index (κ3) is 3.46. The monoisotopic (exact) mass is 296 g/mol. The normalized spacial score (nSPS) is 10.5. The van der Waals surface area contributed by atoms with Crippen molar-refractivity contribution in [2.45, 2.75) is 13.1 Å². The maximum absolute atomic E-state index is 11.0. The van der Waals surface area contributed by atoms with Gasteiger partial charge in [0.25, 0.3) is 0 Å². The number of anilines is 1. The first kappa shape index (κ1) is 14.3. The molecule has 0 saturated heterocycles. The number of aliphatic hydroxyl groups excluding tert-OH is 1. The topological polar surface area (TPSA) is 100 Å². The highest BCUT2D eigenvalue weighted by atomic mass is 35.5. The quantitative estimate of drug-likeness (QED) is 0.741. The first-order valence-electron chi connectivity index (χ1n) is 5.86. The number of aromatic carboxylic acids is 1. The largest absolute Gasteiger partial charge is 0.478 e. The highest BCUT2D eigenvalue weighted by Crippen LogP contribution is 2.20. The van der Waals surface area contributed by atoms with Crippen LogP contribution in [0.2, 0.25) is 5.02 Å². The summed E-state index contributed by atoms with van der Waals surface area (Å²) >= 11 is 5.79. The minimum atomic E-state index is -1.08. The molecule has 1 aromatic heterocycles. The molecule has 0 unspecified atom stereocenters. The van der Waals surface area contributed by atoms with E-state index >= 15 is 0 Å². The molecule has 0 aliphatic rings. The van der Waals surface area contributed by atoms with E-state index in [0.717, 1.165) is 0 Å². The van der Waals surface area contributed by atoms with E-state index in [1.165, 1.54) is 16.8 Å². The molecule has 0 atom stereocenters. The summed E-state index contributed by atoms with van der Waals surface area (Å²) in [6, 6.07) is 4.67. The third-order valence-electron chi connectivity index (χ3n) is 2.59. The molecule has 106 valence electrons. The lowest BCUT2D eigenvalue weighted by Crippen LogP contribution is -2.03. The Morgan fingerprint density at radius 1 is 1.45 bits per heavy atom. The Bertz CT molecular complexity index is 614. The maximum Gasteiger partial charge on any atom is 0.337 e. The van der Waals surface area contributed by atoms with Gasteiger partial charge in [0.05, 0.1) is 36.5 Å². The van der Waals surface area contributed by atoms with Crippen LogP contribution in [0.3, 0.4) is 0 Å². The van der Waals surface area contributed by atoms with Gasteiger partial charge in [0.1, 0.15) is 5.69 Å². The average Bonchev–Trinajstić information content (AvgIpc) is 2.86. The molecule has 0 amide bonds. The summed E-state index contributed by atoms with van der Waals surface area (Å²) in [6.07, 6.45) is 1.71. The minimum absolute atomic E-state index is 0.00458. The summed E-state index contributed by atoms with van der Waals surface area (Å²) in [5, 5.41) is 28.7. The van der Waals surface area contributed by atoms with Crippen molar-refractivity contribution in [3.63, 3.8) is 0 Å². The molecule has 0 bridgehead atoms. The number of nitrogens with zero attached hydrogens (tertiary/aromatic N) is 3. The van der Waals surface area contributed by atoms with Gasteiger partial charge < -0.3 is 15.5 Å². The van der Waals surface area contributed by atoms with Crippen LogP contribution in [0, 0.1) is 0 Å². The van der Waals surface area contributed by atoms with Gasteiger partial charge in [-0.05, 0) is 18.2 Å². The van der Waals surface area contributed by atoms with Crippen LogP contribution < -0.4 is 5.32 Å². The van der Waals surface area contributed by atoms with E-state index in [1.807, 2.05) is 0 Å². The molecule has 0 saturated carbocycles. The van der Waals surface area contributed by atoms with Gasteiger partial charge in [-0.15, -0.1) is 5.10 Å². The van der Waals surface area contributed by atoms with Gasteiger partial charge in [0.15, 0.2) is 0 Å². The molecule has 2 aromatic rings. The molecule has 7 nitrogen and oxygen atoms in total. The van der Waals surface area contributed by atoms with Gasteiger partial charge in [-0.3, -0.25) is 0 Å². The highest BCUT2D eigenvalue weighted by Gasteiger charge is 2.09. The van der Waals surface area contributed by atoms with E-state index in [9.17, 15) is 4.79 Å². The molecule has 0 aliphatic carbocycles. The van der Waals surface area contributed by atoms with E-state index in [0.29, 0.717) is 24.5 Å². The van der Waals surface area contributed by atoms with Crippen LogP contribution in [0.4, 0.5) is 5.69 Å². The lowest BCUT2D eigenvalue weighted by Gasteiger charge is -2.06. The standard InChI is InChI=1S/C12H13ClN4O3/c13-11-2-1-8(5-10(11)12(19)20)14-6-9-7-17(3-4-18)16-15-9/h1-2,5,7,14,18H,3-4,6H2,(H,19,20). The molecule has 2 rings (SSSR count). The smallest absolute Gasteiger partial charge is 0.337 e. The second-order valence-electron chi connectivity index (χ2n) is 4.05. The number of aromatic nitrogens is 3. The first-order valence-corrected chi connectivity index (χ1v) is 6.24. The van der Waals surface area contributed by atoms with Gasteiger partial charge in [-0.1, -0.05) is 16.8 Å². The van der Waals surface area contributed by atoms with Crippen molar-refractivity contribution in [1.82, 2.24) is 15.0 Å². The molecule has 0 aliphatic heterocycles. The summed E-state index contributed by atoms with van der Waals surface area (Å²) in [7, 11) is 0. The van der Waals surface area contributed by atoms with Crippen LogP contribution >= 0.6 is 11.6 Å². The number of rotatable bonds is 6. The Morgan fingerprint density at radius 3 is 2.95 bits per heavy atom. The zero-order valence-corrected chi connectivity index (χ0v) is 11.2. The number of hydrogen-bond donors (Lipinski definition) is 3. The Hall–Kier alpha value is -2.12. The van der Waals surface area contributed by atoms with Gasteiger partial charge in [0, 0.05) is 5.69 Å². The van der Waals surface area contributed by atoms with Crippen molar-refractivity contribution in [1.29, 1.82) is 0 Å². The molecular formula is C12H13ClN4O3. The van der Waals surface area contributed by atoms with Gasteiger partial charge in [-0.2, -0.15) is 0 Å². The number of halogens is 1. The number of carbonyl (C=O) groups is 1. The lowest BCUT2D eigenvalue weighted by atomic mass is 10.2. The van der Waals surface area contributed by atoms with Crippen molar-refractivity contribution >= 4 is 23.3 Å². The fourth-order valence-corrected chi connectivity index (χ4v) is 1.82. The fraction of sp³-hybridized carbons (Fsp3) is 0.250. The van der Waals surface area contributed by atoms with E-state index in [-0.39, 0.29) is 17.2 Å². The second-order valence-corrected chi connectivity index (χ2v) is 4.46. The van der Waals surface area contributed by atoms with Crippen molar-refractivity contribution < 1.29 is 15.0 Å². The van der Waals surface area contributed by atoms with Crippen molar-refractivity contribution in [2.75, 3.05) is 11.9 Å². The third-order valence-corrected chi connectivity index (χ3v) is 2.92. The highest BCUT2D eigenvalue weighted by molar-refractivity contribution is 6.33. The van der Waals surface area contributed by atoms with E-state index < -0.39 is 5.97 Å². The number of carboxylic acid groups (broad SMARTS) is 1. The number of nitrogens with one attached hydrogen (secondary N) is 1. The fourth-order valence-electron chi connectivity index (χ4n) is 1.62. The molecule has 20 heavy (non-hydrogen) atoms. The maximum atomic E-state index is 11.0. The Morgan fingerprint density at radius 2 is 2.25 bits per heavy atom. The number of benzene rings is 1. The zero-order valence-electron chi connectivity index (χ0n) is 10.5. The van der Waals surface area contributed by atoms with Crippen molar-refractivity contribution in [3.05, 3.63) is 40.7 Å². The van der Waals surface area contributed by atoms with Gasteiger partial charge in [0.2, 0.25) is 0 Å². The first-order chi connectivity index (χ1) is 9.60. The molecular weight excluding hydrogens is 284 g/mol. The number of hydrogen-bond acceptors (Lipinski definition) is 5. The van der Waals surface area contributed by atoms with Gasteiger partial charge >= 0.3 is 5.97 Å². The number of carboxylic acids is 1. The Kier molecular flexibility index (Phi) is 4.54. The molecule has 0 fully saturated rings. The summed E-state index contributed by atoms with van der Waals surface area (Å²) < 4.78 is 1.53. The van der Waals surface area contributed by atoms with Crippen LogP contribution in [0.25, 0.3) is 0 Å². The molecule has 0 spiro atoms. The van der Waals surface area contributed by atoms with E-state index in [2.05, 4.69) is 15.6 Å². The second kappa shape index (κ2) is 6.36. The molecule has 1 aromatic carbocycles. The van der Waals surface area contributed by atoms with Crippen LogP contribution in [0.15, 0.2) is 24.4 Å². The molecule has 8 heteroatoms. The zero-order chi connectivity index (χ0) is 14.5. The summed E-state index contributed by atoms with van der Waals surface area (Å²) in [5.74, 6) is -1.08. The van der Waals surface area contributed by atoms with Crippen molar-refractivity contribution in [2.24, 2.45) is 0 Å². The summed E-state index contributed by atoms with van der Waals surface area (Å²) in [5.41, 5.74) is 1.36. The average molecular weight is 297 g/mol. The summed E-state index contributed by atoms with van der Waals surface area (Å²) in [4.78, 5) is 11.0. The van der Waals surface area contributed by atoms with Crippen LogP contribution in [-0.2, 0) is 13.1 Å². The summed E-state index contributed by atoms with van der Waals surface area (Å²) in [6.45, 7) is 0.776. The van der Waals surface area contributed by atoms with Crippen molar-refractivity contribution in [3.8, 4) is 0 Å². The molecule has 3 N–H and O–H groups in total. The number of aliphatic hydroxyl groups is 1. The molecule has 1 heterocycles. The van der Waals surface area contributed by atoms with E-state index in [1.54, 1.807) is 12.3 Å². The Balaban J connectivity index is 2.03. The van der Waals surface area contributed by atoms with Gasteiger partial charge in [-0.25, -0.2) is 9.48 Å². The Labute approximate surface area is 119 Å². The molecule has 0 radical (unpaired) electrons. The van der Waals surface area contributed by atoms with Crippen LogP contribution in [-0.4, -0.2) is 37.8 Å². The van der Waals surface area contributed by atoms with E-state index in [4.69, 9.17) is 21.8 Å². The predicted molar refractivity (Wildman–Crippen MR) is 72.8 cm³/mol. The predicted octanol–water partition coefficient (Wildman–Crippen LogP) is 1.23. The van der Waals surface area contributed by atoms with Crippen LogP contribution in [0.1, 0.15) is 16.1 Å². The SMILES string of the molecule is O=C(O)c1cc(NCc2cn(CCO)nn2)ccc1Cl. The lowest BCUT2D eigenvalue weighted by molar-refractivity contribution is 0.0697. The minimum Gasteiger partial charge on any atom is -0.478 e. The van der Waals surface area contributed by atoms with Crippen LogP contribution in [0.5, 0.6) is 0 Å².